The number of H-pyrrole nitrogens is 1. The van der Waals surface area contributed by atoms with Gasteiger partial charge in [-0.1, -0.05) is 17.4 Å². The zero-order valence-electron chi connectivity index (χ0n) is 17.0. The van der Waals surface area contributed by atoms with Crippen LogP contribution in [0, 0.1) is 17.8 Å². The van der Waals surface area contributed by atoms with Gasteiger partial charge in [0.05, 0.1) is 18.7 Å². The lowest BCUT2D eigenvalue weighted by Crippen LogP contribution is -2.33. The first-order valence-electron chi connectivity index (χ1n) is 10.4. The molecule has 30 heavy (non-hydrogen) atoms. The van der Waals surface area contributed by atoms with E-state index in [0.29, 0.717) is 35.2 Å². The number of carbonyl (C=O) groups excluding carboxylic acids is 1. The molecule has 2 bridgehead atoms. The molecular weight excluding hydrogens is 422 g/mol. The van der Waals surface area contributed by atoms with Crippen LogP contribution in [-0.2, 0) is 9.53 Å². The van der Waals surface area contributed by atoms with Crippen molar-refractivity contribution >= 4 is 29.1 Å². The predicted molar refractivity (Wildman–Crippen MR) is 116 cm³/mol. The predicted octanol–water partition coefficient (Wildman–Crippen LogP) is 4.04. The van der Waals surface area contributed by atoms with Gasteiger partial charge in [0.1, 0.15) is 0 Å². The molecule has 8 heteroatoms. The fraction of sp³-hybridized carbons (Fsp3) is 0.545. The van der Waals surface area contributed by atoms with Crippen molar-refractivity contribution in [3.8, 4) is 11.5 Å². The van der Waals surface area contributed by atoms with Gasteiger partial charge in [-0.3, -0.25) is 4.79 Å². The molecular formula is C22H25NO5S2. The van der Waals surface area contributed by atoms with Crippen molar-refractivity contribution in [3.63, 3.8) is 0 Å². The van der Waals surface area contributed by atoms with Gasteiger partial charge in [-0.25, -0.2) is 4.79 Å². The highest BCUT2D eigenvalue weighted by atomic mass is 32.2. The number of esters is 1. The molecule has 2 saturated carbocycles. The van der Waals surface area contributed by atoms with Crippen LogP contribution in [0.1, 0.15) is 42.5 Å². The molecule has 1 aliphatic heterocycles. The summed E-state index contributed by atoms with van der Waals surface area (Å²) < 4.78 is 16.2. The first-order valence-corrected chi connectivity index (χ1v) is 12.1. The highest BCUT2D eigenvalue weighted by molar-refractivity contribution is 8.00. The average Bonchev–Trinajstić information content (AvgIpc) is 3.44. The SMILES string of the molecule is CCOC(=O)COc1ccc([C@H]2c3sc(=O)[nH]c3SC3C4CCC(C4)C32)cc1OC. The summed E-state index contributed by atoms with van der Waals surface area (Å²) in [5.41, 5.74) is 1.15. The summed E-state index contributed by atoms with van der Waals surface area (Å²) in [5, 5.41) is 1.61. The van der Waals surface area contributed by atoms with E-state index < -0.39 is 5.97 Å². The molecule has 5 atom stereocenters. The molecule has 0 saturated heterocycles. The summed E-state index contributed by atoms with van der Waals surface area (Å²) in [4.78, 5) is 28.1. The lowest BCUT2D eigenvalue weighted by atomic mass is 9.75. The Morgan fingerprint density at radius 1 is 1.23 bits per heavy atom. The molecule has 2 heterocycles. The summed E-state index contributed by atoms with van der Waals surface area (Å²) in [7, 11) is 1.60. The van der Waals surface area contributed by atoms with E-state index >= 15 is 0 Å². The summed E-state index contributed by atoms with van der Waals surface area (Å²) >= 11 is 3.23. The van der Waals surface area contributed by atoms with Crippen LogP contribution in [0.5, 0.6) is 11.5 Å². The van der Waals surface area contributed by atoms with Gasteiger partial charge in [0.25, 0.3) is 0 Å². The molecule has 0 radical (unpaired) electrons. The average molecular weight is 448 g/mol. The van der Waals surface area contributed by atoms with Crippen LogP contribution < -0.4 is 14.3 Å². The van der Waals surface area contributed by atoms with Crippen LogP contribution in [0.25, 0.3) is 0 Å². The maximum Gasteiger partial charge on any atom is 0.344 e. The van der Waals surface area contributed by atoms with Crippen molar-refractivity contribution < 1.29 is 19.0 Å². The van der Waals surface area contributed by atoms with E-state index in [1.165, 1.54) is 30.6 Å². The van der Waals surface area contributed by atoms with Gasteiger partial charge in [-0.15, -0.1) is 11.8 Å². The molecule has 2 aromatic rings. The van der Waals surface area contributed by atoms with Crippen molar-refractivity contribution in [3.05, 3.63) is 38.3 Å². The first-order chi connectivity index (χ1) is 14.6. The Labute approximate surface area is 183 Å². The van der Waals surface area contributed by atoms with E-state index in [-0.39, 0.29) is 17.4 Å². The smallest absolute Gasteiger partial charge is 0.344 e. The minimum atomic E-state index is -0.403. The van der Waals surface area contributed by atoms with Crippen molar-refractivity contribution in [1.29, 1.82) is 0 Å². The second-order valence-electron chi connectivity index (χ2n) is 8.18. The second kappa shape index (κ2) is 7.96. The first kappa shape index (κ1) is 20.0. The number of aromatic amines is 1. The Kier molecular flexibility index (Phi) is 5.31. The van der Waals surface area contributed by atoms with Crippen LogP contribution in [0.15, 0.2) is 28.0 Å². The van der Waals surface area contributed by atoms with Gasteiger partial charge in [-0.2, -0.15) is 0 Å². The van der Waals surface area contributed by atoms with E-state index in [0.717, 1.165) is 21.4 Å². The summed E-state index contributed by atoms with van der Waals surface area (Å²) in [5.74, 6) is 2.92. The van der Waals surface area contributed by atoms with Crippen LogP contribution in [0.2, 0.25) is 0 Å². The topological polar surface area (TPSA) is 77.6 Å². The maximum atomic E-state index is 12.2. The molecule has 4 unspecified atom stereocenters. The maximum absolute atomic E-state index is 12.2. The number of carbonyl (C=O) groups is 1. The number of methoxy groups -OCH3 is 1. The number of thioether (sulfide) groups is 1. The van der Waals surface area contributed by atoms with Gasteiger partial charge >= 0.3 is 10.8 Å². The standard InChI is InChI=1S/C22H25NO5S2/c1-3-27-16(24)10-28-14-7-6-12(9-15(14)26-2)18-17-11-4-5-13(8-11)19(17)29-21-20(18)30-22(25)23-21/h6-7,9,11,13,17-19H,3-5,8,10H2,1-2H3,(H,23,25)/t11?,13?,17?,18-,19?/m1/s1. The van der Waals surface area contributed by atoms with Gasteiger partial charge in [-0.05, 0) is 61.6 Å². The van der Waals surface area contributed by atoms with Gasteiger partial charge in [0.2, 0.25) is 0 Å². The van der Waals surface area contributed by atoms with Crippen molar-refractivity contribution in [2.45, 2.75) is 42.4 Å². The van der Waals surface area contributed by atoms with Crippen LogP contribution in [0.3, 0.4) is 0 Å². The lowest BCUT2D eigenvalue weighted by Gasteiger charge is -2.40. The Balaban J connectivity index is 1.49. The van der Waals surface area contributed by atoms with Crippen molar-refractivity contribution in [2.24, 2.45) is 17.8 Å². The summed E-state index contributed by atoms with van der Waals surface area (Å²) in [6.45, 7) is 1.94. The number of aromatic nitrogens is 1. The number of nitrogens with one attached hydrogen (secondary N) is 1. The lowest BCUT2D eigenvalue weighted by molar-refractivity contribution is -0.145. The van der Waals surface area contributed by atoms with Gasteiger partial charge in [0.15, 0.2) is 18.1 Å². The highest BCUT2D eigenvalue weighted by Crippen LogP contribution is 2.63. The minimum absolute atomic E-state index is 0.0196. The van der Waals surface area contributed by atoms with E-state index in [1.54, 1.807) is 14.0 Å². The number of benzene rings is 1. The molecule has 5 rings (SSSR count). The second-order valence-corrected chi connectivity index (χ2v) is 10.4. The largest absolute Gasteiger partial charge is 0.493 e. The number of hydrogen-bond donors (Lipinski definition) is 1. The third kappa shape index (κ3) is 3.34. The van der Waals surface area contributed by atoms with Crippen LogP contribution >= 0.6 is 23.1 Å². The number of hydrogen-bond acceptors (Lipinski definition) is 7. The zero-order valence-corrected chi connectivity index (χ0v) is 18.6. The molecule has 1 aromatic carbocycles. The molecule has 160 valence electrons. The Hall–Kier alpha value is -1.93. The fourth-order valence-electron chi connectivity index (χ4n) is 5.56. The quantitative estimate of drug-likeness (QED) is 0.674. The molecule has 1 aromatic heterocycles. The molecule has 2 fully saturated rings. The van der Waals surface area contributed by atoms with E-state index in [4.69, 9.17) is 14.2 Å². The Morgan fingerprint density at radius 2 is 2.07 bits per heavy atom. The summed E-state index contributed by atoms with van der Waals surface area (Å²) in [6, 6.07) is 5.94. The molecule has 1 N–H and O–H groups in total. The number of thiazole rings is 1. The summed E-state index contributed by atoms with van der Waals surface area (Å²) in [6.07, 6.45) is 3.89. The number of rotatable bonds is 6. The monoisotopic (exact) mass is 447 g/mol. The number of ether oxygens (including phenoxy) is 3. The van der Waals surface area contributed by atoms with E-state index in [9.17, 15) is 9.59 Å². The molecule has 6 nitrogen and oxygen atoms in total. The normalized spacial score (nSPS) is 28.7. The van der Waals surface area contributed by atoms with Crippen molar-refractivity contribution in [2.75, 3.05) is 20.3 Å². The fourth-order valence-corrected chi connectivity index (χ4v) is 8.45. The van der Waals surface area contributed by atoms with Gasteiger partial charge < -0.3 is 19.2 Å². The van der Waals surface area contributed by atoms with E-state index in [2.05, 4.69) is 11.1 Å². The Morgan fingerprint density at radius 3 is 2.87 bits per heavy atom. The van der Waals surface area contributed by atoms with Crippen LogP contribution in [-0.4, -0.2) is 36.5 Å². The Bertz CT molecular complexity index is 1020. The zero-order chi connectivity index (χ0) is 20.8. The third-order valence-electron chi connectivity index (χ3n) is 6.66. The molecule has 3 aliphatic rings. The van der Waals surface area contributed by atoms with Crippen LogP contribution in [0.4, 0.5) is 0 Å². The molecule has 2 aliphatic carbocycles. The molecule has 0 spiro atoms. The van der Waals surface area contributed by atoms with Crippen molar-refractivity contribution in [1.82, 2.24) is 4.98 Å². The highest BCUT2D eigenvalue weighted by Gasteiger charge is 2.54. The minimum Gasteiger partial charge on any atom is -0.493 e. The third-order valence-corrected chi connectivity index (χ3v) is 9.29. The van der Waals surface area contributed by atoms with E-state index in [1.807, 2.05) is 23.9 Å². The number of fused-ring (bicyclic) bond motifs is 6. The molecule has 0 amide bonds. The van der Waals surface area contributed by atoms with Gasteiger partial charge in [0, 0.05) is 16.0 Å².